The molecule has 0 unspecified atom stereocenters. The van der Waals surface area contributed by atoms with Crippen molar-refractivity contribution in [1.29, 1.82) is 0 Å². The molecule has 0 atom stereocenters. The Balaban J connectivity index is 1.35. The van der Waals surface area contributed by atoms with E-state index in [2.05, 4.69) is 5.32 Å². The summed E-state index contributed by atoms with van der Waals surface area (Å²) >= 11 is 0. The number of nitrogens with one attached hydrogen (secondary N) is 1. The maximum absolute atomic E-state index is 12.5. The number of likely N-dealkylation sites (tertiary alicyclic amines) is 1. The van der Waals surface area contributed by atoms with Crippen molar-refractivity contribution < 1.29 is 14.3 Å². The van der Waals surface area contributed by atoms with Crippen LogP contribution in [-0.2, 0) is 4.79 Å². The molecule has 2 aromatic rings. The van der Waals surface area contributed by atoms with Gasteiger partial charge in [-0.05, 0) is 56.4 Å². The summed E-state index contributed by atoms with van der Waals surface area (Å²) < 4.78 is 5.87. The van der Waals surface area contributed by atoms with Crippen LogP contribution in [0.4, 0.5) is 0 Å². The molecule has 2 aromatic carbocycles. The monoisotopic (exact) mass is 394 g/mol. The van der Waals surface area contributed by atoms with Gasteiger partial charge in [-0.3, -0.25) is 9.59 Å². The van der Waals surface area contributed by atoms with Gasteiger partial charge in [-0.15, -0.1) is 0 Å². The molecule has 29 heavy (non-hydrogen) atoms. The zero-order valence-corrected chi connectivity index (χ0v) is 17.3. The fourth-order valence-corrected chi connectivity index (χ4v) is 3.72. The largest absolute Gasteiger partial charge is 0.493 e. The maximum atomic E-state index is 12.5. The molecule has 0 saturated carbocycles. The van der Waals surface area contributed by atoms with E-state index in [0.29, 0.717) is 32.5 Å². The average molecular weight is 395 g/mol. The van der Waals surface area contributed by atoms with Crippen LogP contribution in [0, 0.1) is 13.8 Å². The van der Waals surface area contributed by atoms with Gasteiger partial charge in [0, 0.05) is 31.1 Å². The number of para-hydroxylation sites is 1. The first kappa shape index (κ1) is 20.9. The Kier molecular flexibility index (Phi) is 7.28. The highest BCUT2D eigenvalue weighted by molar-refractivity contribution is 5.94. The van der Waals surface area contributed by atoms with E-state index in [9.17, 15) is 9.59 Å². The van der Waals surface area contributed by atoms with Gasteiger partial charge in [0.15, 0.2) is 0 Å². The quantitative estimate of drug-likeness (QED) is 0.725. The number of amides is 2. The fourth-order valence-electron chi connectivity index (χ4n) is 3.72. The number of aryl methyl sites for hydroxylation is 2. The third-order valence-electron chi connectivity index (χ3n) is 5.37. The summed E-state index contributed by atoms with van der Waals surface area (Å²) in [6.45, 7) is 5.94. The molecule has 2 amide bonds. The fraction of sp³-hybridized carbons (Fsp3) is 0.417. The molecular formula is C24H30N2O3. The summed E-state index contributed by atoms with van der Waals surface area (Å²) in [7, 11) is 0. The van der Waals surface area contributed by atoms with Gasteiger partial charge in [-0.2, -0.15) is 0 Å². The molecule has 1 fully saturated rings. The molecular weight excluding hydrogens is 364 g/mol. The Morgan fingerprint density at radius 3 is 2.31 bits per heavy atom. The van der Waals surface area contributed by atoms with Crippen LogP contribution in [-0.4, -0.2) is 42.5 Å². The van der Waals surface area contributed by atoms with E-state index >= 15 is 0 Å². The van der Waals surface area contributed by atoms with Crippen molar-refractivity contribution in [3.05, 3.63) is 65.2 Å². The van der Waals surface area contributed by atoms with E-state index < -0.39 is 0 Å². The third kappa shape index (κ3) is 5.83. The number of piperidine rings is 1. The van der Waals surface area contributed by atoms with Crippen LogP contribution < -0.4 is 10.1 Å². The smallest absolute Gasteiger partial charge is 0.253 e. The van der Waals surface area contributed by atoms with Crippen LogP contribution in [0.3, 0.4) is 0 Å². The highest BCUT2D eigenvalue weighted by Crippen LogP contribution is 2.22. The summed E-state index contributed by atoms with van der Waals surface area (Å²) in [4.78, 5) is 26.6. The van der Waals surface area contributed by atoms with Gasteiger partial charge in [0.05, 0.1) is 6.61 Å². The summed E-state index contributed by atoms with van der Waals surface area (Å²) in [5, 5.41) is 3.11. The molecule has 0 radical (unpaired) electrons. The van der Waals surface area contributed by atoms with Crippen LogP contribution in [0.15, 0.2) is 48.5 Å². The third-order valence-corrected chi connectivity index (χ3v) is 5.37. The highest BCUT2D eigenvalue weighted by Gasteiger charge is 2.24. The van der Waals surface area contributed by atoms with Crippen molar-refractivity contribution >= 4 is 11.8 Å². The Morgan fingerprint density at radius 1 is 1.00 bits per heavy atom. The van der Waals surface area contributed by atoms with Crippen molar-refractivity contribution in [1.82, 2.24) is 10.2 Å². The van der Waals surface area contributed by atoms with Gasteiger partial charge < -0.3 is 15.0 Å². The minimum absolute atomic E-state index is 0.0583. The zero-order valence-electron chi connectivity index (χ0n) is 17.3. The zero-order chi connectivity index (χ0) is 20.6. The van der Waals surface area contributed by atoms with E-state index in [1.807, 2.05) is 67.3 Å². The first-order valence-corrected chi connectivity index (χ1v) is 10.4. The molecule has 154 valence electrons. The second-order valence-corrected chi connectivity index (χ2v) is 7.67. The number of carbonyl (C=O) groups is 2. The predicted molar refractivity (Wildman–Crippen MR) is 114 cm³/mol. The minimum Gasteiger partial charge on any atom is -0.493 e. The lowest BCUT2D eigenvalue weighted by Crippen LogP contribution is -2.46. The Morgan fingerprint density at radius 2 is 1.66 bits per heavy atom. The van der Waals surface area contributed by atoms with E-state index in [-0.39, 0.29) is 17.9 Å². The number of benzene rings is 2. The minimum atomic E-state index is 0.0583. The van der Waals surface area contributed by atoms with Gasteiger partial charge in [-0.25, -0.2) is 0 Å². The lowest BCUT2D eigenvalue weighted by Gasteiger charge is -2.32. The van der Waals surface area contributed by atoms with Crippen molar-refractivity contribution in [2.45, 2.75) is 45.6 Å². The number of hydrogen-bond acceptors (Lipinski definition) is 3. The normalized spacial score (nSPS) is 14.5. The van der Waals surface area contributed by atoms with Crippen molar-refractivity contribution in [3.8, 4) is 5.75 Å². The van der Waals surface area contributed by atoms with E-state index in [4.69, 9.17) is 4.74 Å². The summed E-state index contributed by atoms with van der Waals surface area (Å²) in [5.74, 6) is 1.05. The van der Waals surface area contributed by atoms with E-state index in [1.165, 1.54) is 0 Å². The standard InChI is InChI=1S/C24H30N2O3/c1-18-8-6-9-19(2)23(18)29-17-7-12-22(27)25-21-13-15-26(16-14-21)24(28)20-10-4-3-5-11-20/h3-6,8-11,21H,7,12-17H2,1-2H3,(H,25,27). The lowest BCUT2D eigenvalue weighted by atomic mass is 10.0. The van der Waals surface area contributed by atoms with Gasteiger partial charge in [0.25, 0.3) is 5.91 Å². The maximum Gasteiger partial charge on any atom is 0.253 e. The summed E-state index contributed by atoms with van der Waals surface area (Å²) in [6, 6.07) is 15.6. The molecule has 1 saturated heterocycles. The molecule has 1 aliphatic rings. The van der Waals surface area contributed by atoms with Gasteiger partial charge in [-0.1, -0.05) is 36.4 Å². The van der Waals surface area contributed by atoms with E-state index in [1.54, 1.807) is 0 Å². The molecule has 3 rings (SSSR count). The Bertz CT molecular complexity index is 807. The molecule has 0 aliphatic carbocycles. The molecule has 1 heterocycles. The van der Waals surface area contributed by atoms with Crippen molar-refractivity contribution in [2.75, 3.05) is 19.7 Å². The summed E-state index contributed by atoms with van der Waals surface area (Å²) in [5.41, 5.74) is 2.95. The van der Waals surface area contributed by atoms with Crippen LogP contribution >= 0.6 is 0 Å². The number of nitrogens with zero attached hydrogens (tertiary/aromatic N) is 1. The topological polar surface area (TPSA) is 58.6 Å². The number of hydrogen-bond donors (Lipinski definition) is 1. The van der Waals surface area contributed by atoms with Gasteiger partial charge >= 0.3 is 0 Å². The van der Waals surface area contributed by atoms with Gasteiger partial charge in [0.2, 0.25) is 5.91 Å². The molecule has 0 bridgehead atoms. The first-order valence-electron chi connectivity index (χ1n) is 10.4. The number of ether oxygens (including phenoxy) is 1. The molecule has 1 aliphatic heterocycles. The van der Waals surface area contributed by atoms with Crippen molar-refractivity contribution in [3.63, 3.8) is 0 Å². The molecule has 0 spiro atoms. The second-order valence-electron chi connectivity index (χ2n) is 7.67. The Hall–Kier alpha value is -2.82. The van der Waals surface area contributed by atoms with E-state index in [0.717, 1.165) is 35.3 Å². The summed E-state index contributed by atoms with van der Waals surface area (Å²) in [6.07, 6.45) is 2.73. The van der Waals surface area contributed by atoms with Crippen LogP contribution in [0.25, 0.3) is 0 Å². The Labute approximate surface area is 173 Å². The highest BCUT2D eigenvalue weighted by atomic mass is 16.5. The van der Waals surface area contributed by atoms with Gasteiger partial charge in [0.1, 0.15) is 5.75 Å². The van der Waals surface area contributed by atoms with Crippen LogP contribution in [0.2, 0.25) is 0 Å². The first-order chi connectivity index (χ1) is 14.0. The molecule has 5 heteroatoms. The molecule has 1 N–H and O–H groups in total. The SMILES string of the molecule is Cc1cccc(C)c1OCCCC(=O)NC1CCN(C(=O)c2ccccc2)CC1. The molecule has 0 aromatic heterocycles. The average Bonchev–Trinajstić information content (AvgIpc) is 2.73. The van der Waals surface area contributed by atoms with Crippen LogP contribution in [0.5, 0.6) is 5.75 Å². The van der Waals surface area contributed by atoms with Crippen molar-refractivity contribution in [2.24, 2.45) is 0 Å². The molecule has 5 nitrogen and oxygen atoms in total. The van der Waals surface area contributed by atoms with Crippen LogP contribution in [0.1, 0.15) is 47.2 Å². The lowest BCUT2D eigenvalue weighted by molar-refractivity contribution is -0.122. The second kappa shape index (κ2) is 10.1. The predicted octanol–water partition coefficient (Wildman–Crippen LogP) is 3.88. The number of rotatable bonds is 7. The number of carbonyl (C=O) groups excluding carboxylic acids is 2.